The second-order valence-corrected chi connectivity index (χ2v) is 12.0. The Hall–Kier alpha value is -3.31. The molecular weight excluding hydrogens is 562 g/mol. The standard InChI is InChI=1S/C27H22ClF4NO5S/c28-21-7-2-6-20(24(21)29)16-8-9-23-22(12-16)33(15-18(38-23)14-26(25(34)35)10-3-11-26)39(36,37)19-5-1-4-17(13-19)27(30,31)32/h1-2,4-9,12-13,18H,3,10-11,14-15H2,(H,34,35). The minimum absolute atomic E-state index is 0.0149. The summed E-state index contributed by atoms with van der Waals surface area (Å²) in [5.74, 6) is -1.66. The van der Waals surface area contributed by atoms with Crippen molar-refractivity contribution >= 4 is 33.3 Å². The quantitative estimate of drug-likeness (QED) is 0.324. The lowest BCUT2D eigenvalue weighted by Crippen LogP contribution is -2.49. The molecule has 0 radical (unpaired) electrons. The first-order chi connectivity index (χ1) is 18.3. The fourth-order valence-corrected chi connectivity index (χ4v) is 6.76. The van der Waals surface area contributed by atoms with E-state index in [-0.39, 0.29) is 40.6 Å². The van der Waals surface area contributed by atoms with Gasteiger partial charge in [-0.05, 0) is 54.8 Å². The summed E-state index contributed by atoms with van der Waals surface area (Å²) in [5, 5.41) is 9.65. The summed E-state index contributed by atoms with van der Waals surface area (Å²) in [6.45, 7) is -0.345. The number of nitrogens with zero attached hydrogens (tertiary/aromatic N) is 1. The normalized spacial score (nSPS) is 18.6. The average molecular weight is 584 g/mol. The van der Waals surface area contributed by atoms with E-state index in [1.807, 2.05) is 0 Å². The molecule has 1 saturated carbocycles. The van der Waals surface area contributed by atoms with Crippen molar-refractivity contribution in [3.63, 3.8) is 0 Å². The zero-order valence-corrected chi connectivity index (χ0v) is 21.8. The number of aliphatic carboxylic acids is 1. The third-order valence-corrected chi connectivity index (χ3v) is 9.35. The van der Waals surface area contributed by atoms with E-state index in [1.165, 1.54) is 36.4 Å². The van der Waals surface area contributed by atoms with E-state index in [0.29, 0.717) is 25.3 Å². The third-order valence-electron chi connectivity index (χ3n) is 7.29. The first-order valence-corrected chi connectivity index (χ1v) is 13.8. The number of hydrogen-bond donors (Lipinski definition) is 1. The maximum Gasteiger partial charge on any atom is 0.416 e. The van der Waals surface area contributed by atoms with Crippen LogP contribution in [-0.2, 0) is 21.0 Å². The van der Waals surface area contributed by atoms with Crippen LogP contribution < -0.4 is 9.04 Å². The molecule has 0 bridgehead atoms. The summed E-state index contributed by atoms with van der Waals surface area (Å²) >= 11 is 5.92. The highest BCUT2D eigenvalue weighted by molar-refractivity contribution is 7.92. The molecule has 0 spiro atoms. The number of carbonyl (C=O) groups is 1. The number of halogens is 5. The number of rotatable bonds is 6. The Kier molecular flexibility index (Phi) is 6.79. The van der Waals surface area contributed by atoms with Crippen molar-refractivity contribution in [2.45, 2.75) is 42.9 Å². The van der Waals surface area contributed by atoms with Gasteiger partial charge in [0.05, 0.1) is 33.1 Å². The predicted octanol–water partition coefficient (Wildman–Crippen LogP) is 6.77. The molecule has 1 fully saturated rings. The van der Waals surface area contributed by atoms with Gasteiger partial charge < -0.3 is 9.84 Å². The number of fused-ring (bicyclic) bond motifs is 1. The molecule has 0 saturated heterocycles. The van der Waals surface area contributed by atoms with Crippen LogP contribution in [0.1, 0.15) is 31.2 Å². The lowest BCUT2D eigenvalue weighted by atomic mass is 9.65. The Morgan fingerprint density at radius 1 is 1.10 bits per heavy atom. The molecule has 12 heteroatoms. The van der Waals surface area contributed by atoms with Crippen molar-refractivity contribution in [1.82, 2.24) is 0 Å². The van der Waals surface area contributed by atoms with Crippen molar-refractivity contribution in [1.29, 1.82) is 0 Å². The zero-order valence-electron chi connectivity index (χ0n) is 20.2. The summed E-state index contributed by atoms with van der Waals surface area (Å²) in [6, 6.07) is 12.0. The van der Waals surface area contributed by atoms with Crippen LogP contribution in [-0.4, -0.2) is 32.1 Å². The molecule has 1 aliphatic heterocycles. The number of carboxylic acids is 1. The van der Waals surface area contributed by atoms with Gasteiger partial charge in [-0.3, -0.25) is 9.10 Å². The number of carboxylic acid groups (broad SMARTS) is 1. The number of anilines is 1. The van der Waals surface area contributed by atoms with Crippen LogP contribution in [0.3, 0.4) is 0 Å². The van der Waals surface area contributed by atoms with Gasteiger partial charge >= 0.3 is 12.1 Å². The van der Waals surface area contributed by atoms with Gasteiger partial charge in [-0.2, -0.15) is 13.2 Å². The molecule has 5 rings (SSSR count). The fraction of sp³-hybridized carbons (Fsp3) is 0.296. The van der Waals surface area contributed by atoms with E-state index in [9.17, 15) is 35.9 Å². The molecule has 1 heterocycles. The molecule has 206 valence electrons. The average Bonchev–Trinajstić information content (AvgIpc) is 2.86. The molecule has 1 atom stereocenters. The molecular formula is C27H22ClF4NO5S. The SMILES string of the molecule is O=C(O)C1(CC2CN(S(=O)(=O)c3cccc(C(F)(F)F)c3)c3cc(-c4cccc(Cl)c4F)ccc3O2)CCC1. The number of benzene rings is 3. The summed E-state index contributed by atoms with van der Waals surface area (Å²) in [5.41, 5.74) is -1.87. The van der Waals surface area contributed by atoms with E-state index >= 15 is 0 Å². The Morgan fingerprint density at radius 3 is 2.46 bits per heavy atom. The molecule has 0 aromatic heterocycles. The van der Waals surface area contributed by atoms with Gasteiger partial charge in [-0.25, -0.2) is 12.8 Å². The molecule has 2 aliphatic rings. The van der Waals surface area contributed by atoms with Crippen molar-refractivity contribution in [3.05, 3.63) is 77.1 Å². The molecule has 6 nitrogen and oxygen atoms in total. The van der Waals surface area contributed by atoms with Crippen LogP contribution in [0.2, 0.25) is 5.02 Å². The number of alkyl halides is 3. The minimum Gasteiger partial charge on any atom is -0.486 e. The Balaban J connectivity index is 1.61. The summed E-state index contributed by atoms with van der Waals surface area (Å²) in [4.78, 5) is 11.4. The van der Waals surface area contributed by atoms with Gasteiger partial charge in [-0.15, -0.1) is 0 Å². The van der Waals surface area contributed by atoms with Crippen LogP contribution >= 0.6 is 11.6 Å². The van der Waals surface area contributed by atoms with Crippen LogP contribution in [0.15, 0.2) is 65.6 Å². The van der Waals surface area contributed by atoms with Gasteiger partial charge in [0.15, 0.2) is 0 Å². The molecule has 0 amide bonds. The van der Waals surface area contributed by atoms with Gasteiger partial charge in [-0.1, -0.05) is 42.3 Å². The lowest BCUT2D eigenvalue weighted by molar-refractivity contribution is -0.156. The van der Waals surface area contributed by atoms with Crippen LogP contribution in [0.5, 0.6) is 5.75 Å². The van der Waals surface area contributed by atoms with Crippen LogP contribution in [0.4, 0.5) is 23.2 Å². The highest BCUT2D eigenvalue weighted by Crippen LogP contribution is 2.48. The summed E-state index contributed by atoms with van der Waals surface area (Å²) in [7, 11) is -4.59. The zero-order chi connectivity index (χ0) is 28.2. The number of ether oxygens (including phenoxy) is 1. The fourth-order valence-electron chi connectivity index (χ4n) is 5.04. The summed E-state index contributed by atoms with van der Waals surface area (Å²) in [6.07, 6.45) is -4.13. The first kappa shape index (κ1) is 27.3. The Labute approximate surface area is 226 Å². The van der Waals surface area contributed by atoms with E-state index in [0.717, 1.165) is 22.5 Å². The predicted molar refractivity (Wildman–Crippen MR) is 136 cm³/mol. The van der Waals surface area contributed by atoms with Crippen LogP contribution in [0, 0.1) is 11.2 Å². The second kappa shape index (κ2) is 9.71. The van der Waals surface area contributed by atoms with Crippen molar-refractivity contribution in [2.24, 2.45) is 5.41 Å². The lowest BCUT2D eigenvalue weighted by Gasteiger charge is -2.43. The molecule has 3 aromatic rings. The highest BCUT2D eigenvalue weighted by Gasteiger charge is 2.48. The highest BCUT2D eigenvalue weighted by atomic mass is 35.5. The second-order valence-electron chi connectivity index (χ2n) is 9.73. The van der Waals surface area contributed by atoms with E-state index in [1.54, 1.807) is 0 Å². The smallest absolute Gasteiger partial charge is 0.416 e. The molecule has 1 unspecified atom stereocenters. The van der Waals surface area contributed by atoms with Crippen LogP contribution in [0.25, 0.3) is 11.1 Å². The van der Waals surface area contributed by atoms with E-state index in [2.05, 4.69) is 0 Å². The summed E-state index contributed by atoms with van der Waals surface area (Å²) < 4.78 is 89.5. The first-order valence-electron chi connectivity index (χ1n) is 12.0. The van der Waals surface area contributed by atoms with Crippen molar-refractivity contribution in [2.75, 3.05) is 10.8 Å². The Morgan fingerprint density at radius 2 is 1.82 bits per heavy atom. The van der Waals surface area contributed by atoms with Gasteiger partial charge in [0.2, 0.25) is 0 Å². The molecule has 39 heavy (non-hydrogen) atoms. The topological polar surface area (TPSA) is 83.9 Å². The Bertz CT molecular complexity index is 1560. The van der Waals surface area contributed by atoms with Gasteiger partial charge in [0, 0.05) is 12.0 Å². The van der Waals surface area contributed by atoms with Crippen molar-refractivity contribution in [3.8, 4) is 16.9 Å². The molecule has 1 N–H and O–H groups in total. The van der Waals surface area contributed by atoms with E-state index < -0.39 is 50.0 Å². The van der Waals surface area contributed by atoms with Gasteiger partial charge in [0.25, 0.3) is 10.0 Å². The van der Waals surface area contributed by atoms with Crippen molar-refractivity contribution < 1.29 is 40.6 Å². The molecule has 1 aliphatic carbocycles. The minimum atomic E-state index is -4.77. The number of sulfonamides is 1. The van der Waals surface area contributed by atoms with Gasteiger partial charge in [0.1, 0.15) is 17.7 Å². The largest absolute Gasteiger partial charge is 0.486 e. The monoisotopic (exact) mass is 583 g/mol. The third kappa shape index (κ3) is 4.93. The maximum absolute atomic E-state index is 14.8. The maximum atomic E-state index is 14.8. The molecule has 3 aromatic carbocycles. The van der Waals surface area contributed by atoms with E-state index in [4.69, 9.17) is 16.3 Å². The number of hydrogen-bond acceptors (Lipinski definition) is 4.